The molecule has 6 nitrogen and oxygen atoms in total. The zero-order valence-electron chi connectivity index (χ0n) is 12.7. The predicted octanol–water partition coefficient (Wildman–Crippen LogP) is 3.02. The van der Waals surface area contributed by atoms with E-state index in [-0.39, 0.29) is 4.90 Å². The molecule has 3 rings (SSSR count). The highest BCUT2D eigenvalue weighted by molar-refractivity contribution is 8.13. The van der Waals surface area contributed by atoms with Gasteiger partial charge in [0.15, 0.2) is 0 Å². The molecule has 0 saturated carbocycles. The number of hydrogen-bond acceptors (Lipinski definition) is 6. The van der Waals surface area contributed by atoms with Gasteiger partial charge in [-0.2, -0.15) is 5.26 Å². The largest absolute Gasteiger partial charge is 0.495 e. The van der Waals surface area contributed by atoms with Crippen molar-refractivity contribution in [1.82, 2.24) is 0 Å². The van der Waals surface area contributed by atoms with Crippen LogP contribution in [0, 0.1) is 11.3 Å². The monoisotopic (exact) mass is 364 g/mol. The summed E-state index contributed by atoms with van der Waals surface area (Å²) in [5.74, 6) is 0.977. The lowest BCUT2D eigenvalue weighted by atomic mass is 10.1. The third kappa shape index (κ3) is 2.98. The summed E-state index contributed by atoms with van der Waals surface area (Å²) in [5, 5.41) is 9.01. The molecule has 8 heteroatoms. The molecule has 0 aromatic heterocycles. The molecule has 0 spiro atoms. The van der Waals surface area contributed by atoms with Crippen LogP contribution in [0.25, 0.3) is 0 Å². The number of benzene rings is 2. The van der Waals surface area contributed by atoms with Crippen LogP contribution in [0.1, 0.15) is 5.56 Å². The molecule has 24 heavy (non-hydrogen) atoms. The van der Waals surface area contributed by atoms with Crippen molar-refractivity contribution in [3.63, 3.8) is 0 Å². The van der Waals surface area contributed by atoms with Gasteiger partial charge in [0.1, 0.15) is 18.1 Å². The van der Waals surface area contributed by atoms with Crippen molar-refractivity contribution in [2.45, 2.75) is 4.90 Å². The van der Waals surface area contributed by atoms with Gasteiger partial charge in [0.2, 0.25) is 0 Å². The summed E-state index contributed by atoms with van der Waals surface area (Å²) in [6, 6.07) is 11.7. The van der Waals surface area contributed by atoms with Gasteiger partial charge >= 0.3 is 0 Å². The van der Waals surface area contributed by atoms with Crippen molar-refractivity contribution < 1.29 is 17.9 Å². The van der Waals surface area contributed by atoms with E-state index in [0.717, 1.165) is 5.69 Å². The number of fused-ring (bicyclic) bond motifs is 1. The first-order valence-corrected chi connectivity index (χ1v) is 9.32. The number of methoxy groups -OCH3 is 1. The molecule has 124 valence electrons. The lowest BCUT2D eigenvalue weighted by Crippen LogP contribution is -2.29. The molecule has 0 unspecified atom stereocenters. The lowest BCUT2D eigenvalue weighted by Gasteiger charge is -2.32. The van der Waals surface area contributed by atoms with Crippen LogP contribution in [0.2, 0.25) is 0 Å². The molecule has 0 N–H and O–H groups in total. The first kappa shape index (κ1) is 16.4. The minimum absolute atomic E-state index is 0.0171. The fourth-order valence-corrected chi connectivity index (χ4v) is 3.34. The molecule has 2 aromatic rings. The molecule has 0 radical (unpaired) electrons. The summed E-state index contributed by atoms with van der Waals surface area (Å²) in [6.07, 6.45) is 0. The molecule has 0 saturated heterocycles. The average Bonchev–Trinajstić information content (AvgIpc) is 2.59. The fraction of sp³-hybridized carbons (Fsp3) is 0.188. The minimum Gasteiger partial charge on any atom is -0.495 e. The van der Waals surface area contributed by atoms with E-state index in [0.29, 0.717) is 35.9 Å². The minimum atomic E-state index is -3.83. The van der Waals surface area contributed by atoms with E-state index in [4.69, 9.17) is 25.4 Å². The van der Waals surface area contributed by atoms with E-state index < -0.39 is 9.05 Å². The molecule has 0 aliphatic carbocycles. The Morgan fingerprint density at radius 3 is 2.67 bits per heavy atom. The fourth-order valence-electron chi connectivity index (χ4n) is 2.57. The number of nitrogens with zero attached hydrogens (tertiary/aromatic N) is 2. The van der Waals surface area contributed by atoms with E-state index in [1.165, 1.54) is 19.2 Å². The van der Waals surface area contributed by atoms with Crippen molar-refractivity contribution in [3.05, 3.63) is 42.0 Å². The van der Waals surface area contributed by atoms with Crippen molar-refractivity contribution in [3.8, 4) is 17.6 Å². The highest BCUT2D eigenvalue weighted by Crippen LogP contribution is 2.42. The molecular weight excluding hydrogens is 352 g/mol. The van der Waals surface area contributed by atoms with E-state index >= 15 is 0 Å². The Bertz CT molecular complexity index is 938. The van der Waals surface area contributed by atoms with Crippen LogP contribution in [0.5, 0.6) is 11.5 Å². The van der Waals surface area contributed by atoms with Crippen LogP contribution < -0.4 is 14.4 Å². The van der Waals surface area contributed by atoms with E-state index in [9.17, 15) is 8.42 Å². The molecule has 0 amide bonds. The number of anilines is 2. The predicted molar refractivity (Wildman–Crippen MR) is 89.7 cm³/mol. The molecule has 1 aliphatic rings. The molecule has 0 bridgehead atoms. The summed E-state index contributed by atoms with van der Waals surface area (Å²) in [7, 11) is 3.09. The van der Waals surface area contributed by atoms with Gasteiger partial charge in [0.25, 0.3) is 9.05 Å². The second-order valence-electron chi connectivity index (χ2n) is 5.07. The number of nitriles is 1. The topological polar surface area (TPSA) is 79.6 Å². The zero-order valence-corrected chi connectivity index (χ0v) is 14.3. The van der Waals surface area contributed by atoms with Crippen LogP contribution in [-0.4, -0.2) is 28.7 Å². The normalized spacial score (nSPS) is 13.6. The van der Waals surface area contributed by atoms with Gasteiger partial charge in [0.05, 0.1) is 41.6 Å². The molecule has 1 aliphatic heterocycles. The van der Waals surface area contributed by atoms with Crippen LogP contribution in [-0.2, 0) is 9.05 Å². The molecular formula is C16H13ClN2O4S. The maximum Gasteiger partial charge on any atom is 0.261 e. The average molecular weight is 365 g/mol. The van der Waals surface area contributed by atoms with Crippen molar-refractivity contribution in [2.75, 3.05) is 25.2 Å². The van der Waals surface area contributed by atoms with Gasteiger partial charge in [0, 0.05) is 22.8 Å². The van der Waals surface area contributed by atoms with Gasteiger partial charge in [-0.05, 0) is 24.3 Å². The second-order valence-corrected chi connectivity index (χ2v) is 7.63. The Kier molecular flexibility index (Phi) is 4.26. The maximum atomic E-state index is 11.5. The molecule has 2 aromatic carbocycles. The molecule has 1 heterocycles. The summed E-state index contributed by atoms with van der Waals surface area (Å²) in [4.78, 5) is 1.93. The standard InChI is InChI=1S/C16H13ClN2O4S/c1-22-15-8-11(10-18)2-4-13(15)19-6-7-23-16-9-12(24(17,20)21)3-5-14(16)19/h2-5,8-9H,6-7H2,1H3. The summed E-state index contributed by atoms with van der Waals surface area (Å²) < 4.78 is 33.9. The lowest BCUT2D eigenvalue weighted by molar-refractivity contribution is 0.312. The third-order valence-corrected chi connectivity index (χ3v) is 5.03. The van der Waals surface area contributed by atoms with Crippen LogP contribution in [0.15, 0.2) is 41.3 Å². The highest BCUT2D eigenvalue weighted by atomic mass is 35.7. The maximum absolute atomic E-state index is 11.5. The third-order valence-electron chi connectivity index (χ3n) is 3.68. The van der Waals surface area contributed by atoms with E-state index in [1.807, 2.05) is 4.90 Å². The Morgan fingerprint density at radius 2 is 2.00 bits per heavy atom. The Hall–Kier alpha value is -2.43. The summed E-state index contributed by atoms with van der Waals surface area (Å²) in [6.45, 7) is 0.935. The Labute approximate surface area is 144 Å². The van der Waals surface area contributed by atoms with Crippen molar-refractivity contribution >= 4 is 31.1 Å². The zero-order chi connectivity index (χ0) is 17.3. The first-order valence-electron chi connectivity index (χ1n) is 7.01. The summed E-state index contributed by atoms with van der Waals surface area (Å²) in [5.41, 5.74) is 1.96. The first-order chi connectivity index (χ1) is 11.4. The smallest absolute Gasteiger partial charge is 0.261 e. The number of halogens is 1. The van der Waals surface area contributed by atoms with E-state index in [2.05, 4.69) is 6.07 Å². The molecule has 0 atom stereocenters. The Morgan fingerprint density at radius 1 is 1.25 bits per heavy atom. The van der Waals surface area contributed by atoms with Crippen LogP contribution in [0.3, 0.4) is 0 Å². The number of ether oxygens (including phenoxy) is 2. The SMILES string of the molecule is COc1cc(C#N)ccc1N1CCOc2cc(S(=O)(=O)Cl)ccc21. The number of hydrogen-bond donors (Lipinski definition) is 0. The van der Waals surface area contributed by atoms with Crippen molar-refractivity contribution in [2.24, 2.45) is 0 Å². The number of rotatable bonds is 3. The van der Waals surface area contributed by atoms with Crippen LogP contribution >= 0.6 is 10.7 Å². The van der Waals surface area contributed by atoms with E-state index in [1.54, 1.807) is 24.3 Å². The highest BCUT2D eigenvalue weighted by Gasteiger charge is 2.24. The van der Waals surface area contributed by atoms with Crippen molar-refractivity contribution in [1.29, 1.82) is 5.26 Å². The van der Waals surface area contributed by atoms with Gasteiger partial charge in [-0.25, -0.2) is 8.42 Å². The van der Waals surface area contributed by atoms with Gasteiger partial charge in [-0.3, -0.25) is 0 Å². The van der Waals surface area contributed by atoms with Gasteiger partial charge in [-0.15, -0.1) is 0 Å². The van der Waals surface area contributed by atoms with Crippen LogP contribution in [0.4, 0.5) is 11.4 Å². The van der Waals surface area contributed by atoms with Gasteiger partial charge < -0.3 is 14.4 Å². The second kappa shape index (κ2) is 6.23. The Balaban J connectivity index is 2.09. The van der Waals surface area contributed by atoms with Gasteiger partial charge in [-0.1, -0.05) is 0 Å². The molecule has 0 fully saturated rings. The quantitative estimate of drug-likeness (QED) is 0.779. The summed E-state index contributed by atoms with van der Waals surface area (Å²) >= 11 is 0.